The number of benzene rings is 3. The fourth-order valence-corrected chi connectivity index (χ4v) is 4.35. The molecule has 1 saturated heterocycles. The number of carbonyl (C=O) groups excluding carboxylic acids is 2. The summed E-state index contributed by atoms with van der Waals surface area (Å²) in [4.78, 5) is 28.8. The number of rotatable bonds is 10. The highest BCUT2D eigenvalue weighted by Gasteiger charge is 2.31. The predicted octanol–water partition coefficient (Wildman–Crippen LogP) is 4.30. The van der Waals surface area contributed by atoms with Gasteiger partial charge in [-0.05, 0) is 41.7 Å². The second kappa shape index (κ2) is 12.3. The highest BCUT2D eigenvalue weighted by atomic mass is 19.1. The number of nitrogens with one attached hydrogen (secondary N) is 1. The molecule has 4 rings (SSSR count). The van der Waals surface area contributed by atoms with Crippen molar-refractivity contribution in [3.8, 4) is 0 Å². The molecule has 3 aromatic carbocycles. The number of carbonyl (C=O) groups is 2. The second-order valence-corrected chi connectivity index (χ2v) is 8.90. The highest BCUT2D eigenvalue weighted by Crippen LogP contribution is 2.18. The predicted molar refractivity (Wildman–Crippen MR) is 133 cm³/mol. The van der Waals surface area contributed by atoms with Crippen LogP contribution in [0, 0.1) is 5.82 Å². The molecule has 0 bridgehead atoms. The number of hydrogen-bond acceptors (Lipinski definition) is 3. The number of halogens is 1. The minimum atomic E-state index is -0.722. The summed E-state index contributed by atoms with van der Waals surface area (Å²) >= 11 is 0. The van der Waals surface area contributed by atoms with Gasteiger partial charge in [0.1, 0.15) is 11.9 Å². The van der Waals surface area contributed by atoms with E-state index in [1.165, 1.54) is 12.1 Å². The molecule has 0 aliphatic carbocycles. The minimum absolute atomic E-state index is 0.00175. The van der Waals surface area contributed by atoms with Crippen LogP contribution in [0.2, 0.25) is 0 Å². The smallest absolute Gasteiger partial charge is 0.243 e. The number of ether oxygens (including phenoxy) is 1. The Kier molecular flexibility index (Phi) is 8.63. The van der Waals surface area contributed by atoms with Gasteiger partial charge in [-0.3, -0.25) is 9.59 Å². The first-order valence-corrected chi connectivity index (χ1v) is 12.1. The van der Waals surface area contributed by atoms with Crippen LogP contribution < -0.4 is 5.32 Å². The largest absolute Gasteiger partial charge is 0.376 e. The molecule has 1 aliphatic rings. The van der Waals surface area contributed by atoms with Crippen LogP contribution in [-0.2, 0) is 33.7 Å². The van der Waals surface area contributed by atoms with E-state index in [2.05, 4.69) is 5.32 Å². The molecule has 1 heterocycles. The minimum Gasteiger partial charge on any atom is -0.376 e. The normalized spacial score (nSPS) is 16.0. The lowest BCUT2D eigenvalue weighted by atomic mass is 10.0. The number of hydrogen-bond donors (Lipinski definition) is 1. The molecule has 2 atom stereocenters. The molecule has 1 fully saturated rings. The zero-order chi connectivity index (χ0) is 24.5. The topological polar surface area (TPSA) is 58.6 Å². The molecular formula is C29H31FN2O3. The van der Waals surface area contributed by atoms with E-state index in [-0.39, 0.29) is 36.7 Å². The van der Waals surface area contributed by atoms with E-state index < -0.39 is 6.04 Å². The van der Waals surface area contributed by atoms with E-state index in [1.54, 1.807) is 17.0 Å². The van der Waals surface area contributed by atoms with Gasteiger partial charge in [0.2, 0.25) is 11.8 Å². The molecule has 0 saturated carbocycles. The Labute approximate surface area is 205 Å². The number of amides is 2. The van der Waals surface area contributed by atoms with Crippen LogP contribution in [-0.4, -0.2) is 42.0 Å². The van der Waals surface area contributed by atoms with Crippen molar-refractivity contribution >= 4 is 11.8 Å². The van der Waals surface area contributed by atoms with Gasteiger partial charge >= 0.3 is 0 Å². The summed E-state index contributed by atoms with van der Waals surface area (Å²) in [6, 6.07) is 24.5. The van der Waals surface area contributed by atoms with Gasteiger partial charge in [-0.1, -0.05) is 72.8 Å². The fourth-order valence-electron chi connectivity index (χ4n) is 4.35. The maximum Gasteiger partial charge on any atom is 0.243 e. The van der Waals surface area contributed by atoms with Crippen LogP contribution in [0.1, 0.15) is 29.5 Å². The van der Waals surface area contributed by atoms with Gasteiger partial charge in [0, 0.05) is 26.1 Å². The van der Waals surface area contributed by atoms with E-state index in [0.29, 0.717) is 19.6 Å². The van der Waals surface area contributed by atoms with Gasteiger partial charge in [-0.25, -0.2) is 4.39 Å². The van der Waals surface area contributed by atoms with Crippen LogP contribution in [0.4, 0.5) is 4.39 Å². The molecule has 0 unspecified atom stereocenters. The van der Waals surface area contributed by atoms with E-state index in [0.717, 1.165) is 29.5 Å². The van der Waals surface area contributed by atoms with Crippen molar-refractivity contribution in [3.05, 3.63) is 107 Å². The summed E-state index contributed by atoms with van der Waals surface area (Å²) in [5, 5.41) is 3.02. The maximum atomic E-state index is 13.6. The molecule has 35 heavy (non-hydrogen) atoms. The molecular weight excluding hydrogens is 443 g/mol. The van der Waals surface area contributed by atoms with Crippen LogP contribution in [0.25, 0.3) is 0 Å². The van der Waals surface area contributed by atoms with Gasteiger partial charge < -0.3 is 15.0 Å². The zero-order valence-corrected chi connectivity index (χ0v) is 19.7. The summed E-state index contributed by atoms with van der Waals surface area (Å²) in [6.07, 6.45) is 2.45. The van der Waals surface area contributed by atoms with Crippen molar-refractivity contribution in [2.24, 2.45) is 0 Å². The Bertz CT molecular complexity index is 1080. The Morgan fingerprint density at radius 2 is 1.57 bits per heavy atom. The van der Waals surface area contributed by atoms with Gasteiger partial charge in [0.05, 0.1) is 12.5 Å². The van der Waals surface area contributed by atoms with Gasteiger partial charge in [-0.15, -0.1) is 0 Å². The van der Waals surface area contributed by atoms with Crippen LogP contribution in [0.5, 0.6) is 0 Å². The van der Waals surface area contributed by atoms with Crippen LogP contribution in [0.15, 0.2) is 84.9 Å². The maximum absolute atomic E-state index is 13.6. The Morgan fingerprint density at radius 3 is 2.20 bits per heavy atom. The summed E-state index contributed by atoms with van der Waals surface area (Å²) in [7, 11) is 0. The van der Waals surface area contributed by atoms with E-state index in [1.807, 2.05) is 60.7 Å². The van der Waals surface area contributed by atoms with Gasteiger partial charge in [0.15, 0.2) is 0 Å². The average Bonchev–Trinajstić information content (AvgIpc) is 3.41. The Balaban J connectivity index is 1.61. The molecule has 182 valence electrons. The highest BCUT2D eigenvalue weighted by molar-refractivity contribution is 5.88. The van der Waals surface area contributed by atoms with Gasteiger partial charge in [0.25, 0.3) is 0 Å². The van der Waals surface area contributed by atoms with Gasteiger partial charge in [-0.2, -0.15) is 0 Å². The van der Waals surface area contributed by atoms with Crippen molar-refractivity contribution in [1.82, 2.24) is 10.2 Å². The third-order valence-corrected chi connectivity index (χ3v) is 6.26. The van der Waals surface area contributed by atoms with E-state index >= 15 is 0 Å². The fraction of sp³-hybridized carbons (Fsp3) is 0.310. The SMILES string of the molecule is O=C(NC[C@@H]1CCCO1)[C@@H](Cc1ccccc1)N(Cc1ccc(F)cc1)C(=O)Cc1ccccc1. The van der Waals surface area contributed by atoms with Crippen LogP contribution >= 0.6 is 0 Å². The second-order valence-electron chi connectivity index (χ2n) is 8.90. The lowest BCUT2D eigenvalue weighted by molar-refractivity contribution is -0.141. The summed E-state index contributed by atoms with van der Waals surface area (Å²) in [6.45, 7) is 1.33. The standard InChI is InChI=1S/C29H31FN2O3/c30-25-15-13-24(14-16-25)21-32(28(33)19-23-10-5-2-6-11-23)27(18-22-8-3-1-4-9-22)29(34)31-20-26-12-7-17-35-26/h1-6,8-11,13-16,26-27H,7,12,17-21H2,(H,31,34)/t26-,27+/m0/s1. The first kappa shape index (κ1) is 24.6. The lowest BCUT2D eigenvalue weighted by Crippen LogP contribution is -2.52. The van der Waals surface area contributed by atoms with Crippen molar-refractivity contribution < 1.29 is 18.7 Å². The molecule has 1 N–H and O–H groups in total. The molecule has 0 radical (unpaired) electrons. The van der Waals surface area contributed by atoms with Crippen molar-refractivity contribution in [2.75, 3.05) is 13.2 Å². The monoisotopic (exact) mass is 474 g/mol. The molecule has 3 aromatic rings. The molecule has 0 aromatic heterocycles. The summed E-state index contributed by atoms with van der Waals surface area (Å²) in [5.41, 5.74) is 2.60. The molecule has 6 heteroatoms. The quantitative estimate of drug-likeness (QED) is 0.477. The van der Waals surface area contributed by atoms with E-state index in [4.69, 9.17) is 4.74 Å². The average molecular weight is 475 g/mol. The third-order valence-electron chi connectivity index (χ3n) is 6.26. The molecule has 2 amide bonds. The zero-order valence-electron chi connectivity index (χ0n) is 19.7. The summed E-state index contributed by atoms with van der Waals surface area (Å²) < 4.78 is 19.2. The summed E-state index contributed by atoms with van der Waals surface area (Å²) in [5.74, 6) is -0.715. The third kappa shape index (κ3) is 7.23. The first-order chi connectivity index (χ1) is 17.1. The van der Waals surface area contributed by atoms with Crippen molar-refractivity contribution in [3.63, 3.8) is 0 Å². The van der Waals surface area contributed by atoms with E-state index in [9.17, 15) is 14.0 Å². The van der Waals surface area contributed by atoms with Crippen molar-refractivity contribution in [1.29, 1.82) is 0 Å². The molecule has 0 spiro atoms. The first-order valence-electron chi connectivity index (χ1n) is 12.1. The lowest BCUT2D eigenvalue weighted by Gasteiger charge is -2.32. The Morgan fingerprint density at radius 1 is 0.914 bits per heavy atom. The molecule has 5 nitrogen and oxygen atoms in total. The van der Waals surface area contributed by atoms with Crippen LogP contribution in [0.3, 0.4) is 0 Å². The Hall–Kier alpha value is -3.51. The van der Waals surface area contributed by atoms with Crippen molar-refractivity contribution in [2.45, 2.75) is 44.4 Å². The molecule has 1 aliphatic heterocycles. The number of nitrogens with zero attached hydrogens (tertiary/aromatic N) is 1.